The van der Waals surface area contributed by atoms with Crippen LogP contribution in [0.3, 0.4) is 0 Å². The lowest BCUT2D eigenvalue weighted by molar-refractivity contribution is -0.133. The Morgan fingerprint density at radius 1 is 1.33 bits per heavy atom. The van der Waals surface area contributed by atoms with Crippen molar-refractivity contribution in [2.45, 2.75) is 51.2 Å². The summed E-state index contributed by atoms with van der Waals surface area (Å²) in [6.45, 7) is 3.58. The molecule has 2 N–H and O–H groups in total. The molecule has 4 heteroatoms. The van der Waals surface area contributed by atoms with Crippen LogP contribution in [-0.4, -0.2) is 36.0 Å². The highest BCUT2D eigenvalue weighted by molar-refractivity contribution is 5.76. The van der Waals surface area contributed by atoms with Crippen molar-refractivity contribution in [3.8, 4) is 5.75 Å². The van der Waals surface area contributed by atoms with Gasteiger partial charge in [-0.05, 0) is 31.9 Å². The summed E-state index contributed by atoms with van der Waals surface area (Å²) in [5.74, 6) is 1.17. The lowest BCUT2D eigenvalue weighted by Gasteiger charge is -2.32. The van der Waals surface area contributed by atoms with E-state index in [0.29, 0.717) is 6.42 Å². The van der Waals surface area contributed by atoms with Crippen LogP contribution in [0.5, 0.6) is 5.75 Å². The van der Waals surface area contributed by atoms with Gasteiger partial charge in [0.2, 0.25) is 5.91 Å². The normalized spacial score (nSPS) is 17.5. The van der Waals surface area contributed by atoms with Gasteiger partial charge in [-0.1, -0.05) is 18.2 Å². The molecule has 116 valence electrons. The van der Waals surface area contributed by atoms with Gasteiger partial charge in [0.1, 0.15) is 11.9 Å². The van der Waals surface area contributed by atoms with Gasteiger partial charge >= 0.3 is 0 Å². The lowest BCUT2D eigenvalue weighted by atomic mass is 10.1. The molecule has 1 aromatic rings. The van der Waals surface area contributed by atoms with Crippen LogP contribution in [0.2, 0.25) is 0 Å². The fraction of sp³-hybridized carbons (Fsp3) is 0.588. The van der Waals surface area contributed by atoms with Gasteiger partial charge in [-0.15, -0.1) is 0 Å². The van der Waals surface area contributed by atoms with Crippen molar-refractivity contribution in [2.24, 2.45) is 5.73 Å². The highest BCUT2D eigenvalue weighted by Gasteiger charge is 2.23. The maximum atomic E-state index is 12.1. The summed E-state index contributed by atoms with van der Waals surface area (Å²) in [7, 11) is 0. The van der Waals surface area contributed by atoms with E-state index in [4.69, 9.17) is 10.5 Å². The zero-order chi connectivity index (χ0) is 15.1. The fourth-order valence-electron chi connectivity index (χ4n) is 2.65. The average Bonchev–Trinajstić information content (AvgIpc) is 2.48. The van der Waals surface area contributed by atoms with E-state index in [1.165, 1.54) is 0 Å². The van der Waals surface area contributed by atoms with Crippen molar-refractivity contribution in [1.82, 2.24) is 4.90 Å². The van der Waals surface area contributed by atoms with Crippen LogP contribution < -0.4 is 10.5 Å². The SMILES string of the molecule is CC(N)CCCC(=O)N1CCC(Oc2ccccc2)CC1. The molecule has 0 aromatic heterocycles. The Balaban J connectivity index is 1.69. The quantitative estimate of drug-likeness (QED) is 0.876. The number of nitrogens with zero attached hydrogens (tertiary/aromatic N) is 1. The van der Waals surface area contributed by atoms with Gasteiger partial charge in [0, 0.05) is 38.4 Å². The van der Waals surface area contributed by atoms with Crippen LogP contribution in [0.15, 0.2) is 30.3 Å². The Kier molecular flexibility index (Phi) is 6.05. The summed E-state index contributed by atoms with van der Waals surface area (Å²) in [4.78, 5) is 14.1. The minimum atomic E-state index is 0.183. The maximum Gasteiger partial charge on any atom is 0.222 e. The number of nitrogens with two attached hydrogens (primary N) is 1. The van der Waals surface area contributed by atoms with E-state index in [2.05, 4.69) is 0 Å². The van der Waals surface area contributed by atoms with Crippen LogP contribution in [0.1, 0.15) is 39.0 Å². The second-order valence-corrected chi connectivity index (χ2v) is 5.88. The minimum Gasteiger partial charge on any atom is -0.490 e. The van der Waals surface area contributed by atoms with E-state index >= 15 is 0 Å². The molecular formula is C17H26N2O2. The summed E-state index contributed by atoms with van der Waals surface area (Å²) in [6, 6.07) is 10.1. The molecule has 0 bridgehead atoms. The molecule has 1 amide bonds. The van der Waals surface area contributed by atoms with Gasteiger partial charge in [-0.25, -0.2) is 0 Å². The number of rotatable bonds is 6. The van der Waals surface area contributed by atoms with Crippen LogP contribution in [-0.2, 0) is 4.79 Å². The molecule has 2 rings (SSSR count). The van der Waals surface area contributed by atoms with E-state index in [1.807, 2.05) is 42.2 Å². The smallest absolute Gasteiger partial charge is 0.222 e. The first-order valence-electron chi connectivity index (χ1n) is 7.90. The highest BCUT2D eigenvalue weighted by Crippen LogP contribution is 2.19. The van der Waals surface area contributed by atoms with Crippen LogP contribution in [0.25, 0.3) is 0 Å². The Bertz CT molecular complexity index is 426. The molecule has 1 atom stereocenters. The van der Waals surface area contributed by atoms with E-state index in [9.17, 15) is 4.79 Å². The maximum absolute atomic E-state index is 12.1. The molecule has 1 saturated heterocycles. The Hall–Kier alpha value is -1.55. The predicted octanol–water partition coefficient (Wildman–Crippen LogP) is 2.57. The number of amides is 1. The first-order valence-corrected chi connectivity index (χ1v) is 7.90. The van der Waals surface area contributed by atoms with E-state index in [1.54, 1.807) is 0 Å². The third-order valence-electron chi connectivity index (χ3n) is 3.89. The van der Waals surface area contributed by atoms with Crippen molar-refractivity contribution in [1.29, 1.82) is 0 Å². The summed E-state index contributed by atoms with van der Waals surface area (Å²) in [5.41, 5.74) is 5.71. The number of likely N-dealkylation sites (tertiary alicyclic amines) is 1. The van der Waals surface area contributed by atoms with E-state index < -0.39 is 0 Å². The second-order valence-electron chi connectivity index (χ2n) is 5.88. The first kappa shape index (κ1) is 15.8. The largest absolute Gasteiger partial charge is 0.490 e. The molecule has 4 nitrogen and oxygen atoms in total. The lowest BCUT2D eigenvalue weighted by Crippen LogP contribution is -2.41. The van der Waals surface area contributed by atoms with Crippen molar-refractivity contribution in [3.63, 3.8) is 0 Å². The van der Waals surface area contributed by atoms with Crippen LogP contribution in [0.4, 0.5) is 0 Å². The van der Waals surface area contributed by atoms with Crippen LogP contribution in [0, 0.1) is 0 Å². The molecule has 1 heterocycles. The number of piperidine rings is 1. The molecule has 0 aliphatic carbocycles. The monoisotopic (exact) mass is 290 g/mol. The van der Waals surface area contributed by atoms with Crippen molar-refractivity contribution in [3.05, 3.63) is 30.3 Å². The Morgan fingerprint density at radius 2 is 2.00 bits per heavy atom. The third kappa shape index (κ3) is 5.38. The Morgan fingerprint density at radius 3 is 2.62 bits per heavy atom. The van der Waals surface area contributed by atoms with Gasteiger partial charge in [0.25, 0.3) is 0 Å². The molecule has 0 spiro atoms. The predicted molar refractivity (Wildman–Crippen MR) is 84.2 cm³/mol. The number of benzene rings is 1. The average molecular weight is 290 g/mol. The van der Waals surface area contributed by atoms with E-state index in [-0.39, 0.29) is 18.1 Å². The summed E-state index contributed by atoms with van der Waals surface area (Å²) in [6.07, 6.45) is 4.46. The number of hydrogen-bond donors (Lipinski definition) is 1. The molecule has 1 aliphatic heterocycles. The van der Waals surface area contributed by atoms with Crippen molar-refractivity contribution >= 4 is 5.91 Å². The van der Waals surface area contributed by atoms with Gasteiger partial charge in [0.15, 0.2) is 0 Å². The molecule has 1 fully saturated rings. The minimum absolute atomic E-state index is 0.183. The van der Waals surface area contributed by atoms with Crippen molar-refractivity contribution < 1.29 is 9.53 Å². The standard InChI is InChI=1S/C17H26N2O2/c1-14(18)6-5-9-17(20)19-12-10-16(11-13-19)21-15-7-3-2-4-8-15/h2-4,7-8,14,16H,5-6,9-13,18H2,1H3. The van der Waals surface area contributed by atoms with Crippen molar-refractivity contribution in [2.75, 3.05) is 13.1 Å². The summed E-state index contributed by atoms with van der Waals surface area (Å²) >= 11 is 0. The molecule has 1 unspecified atom stereocenters. The fourth-order valence-corrected chi connectivity index (χ4v) is 2.65. The van der Waals surface area contributed by atoms with Gasteiger partial charge in [0.05, 0.1) is 0 Å². The molecule has 1 aliphatic rings. The van der Waals surface area contributed by atoms with Gasteiger partial charge in [-0.2, -0.15) is 0 Å². The molecule has 0 saturated carbocycles. The number of carbonyl (C=O) groups excluding carboxylic acids is 1. The van der Waals surface area contributed by atoms with Gasteiger partial charge in [-0.3, -0.25) is 4.79 Å². The van der Waals surface area contributed by atoms with E-state index in [0.717, 1.165) is 44.5 Å². The zero-order valence-corrected chi connectivity index (χ0v) is 12.8. The van der Waals surface area contributed by atoms with Crippen LogP contribution >= 0.6 is 0 Å². The Labute approximate surface area is 127 Å². The summed E-state index contributed by atoms with van der Waals surface area (Å²) in [5, 5.41) is 0. The number of ether oxygens (including phenoxy) is 1. The molecule has 1 aromatic carbocycles. The third-order valence-corrected chi connectivity index (χ3v) is 3.89. The number of hydrogen-bond acceptors (Lipinski definition) is 3. The topological polar surface area (TPSA) is 55.6 Å². The number of carbonyl (C=O) groups is 1. The zero-order valence-electron chi connectivity index (χ0n) is 12.8. The second kappa shape index (κ2) is 8.03. The highest BCUT2D eigenvalue weighted by atomic mass is 16.5. The number of para-hydroxylation sites is 1. The van der Waals surface area contributed by atoms with Gasteiger partial charge < -0.3 is 15.4 Å². The molecule has 0 radical (unpaired) electrons. The first-order chi connectivity index (χ1) is 10.1. The summed E-state index contributed by atoms with van der Waals surface area (Å²) < 4.78 is 5.94. The molecular weight excluding hydrogens is 264 g/mol. The molecule has 21 heavy (non-hydrogen) atoms.